The van der Waals surface area contributed by atoms with Crippen LogP contribution in [0.4, 0.5) is 0 Å². The van der Waals surface area contributed by atoms with E-state index in [1.165, 1.54) is 21.7 Å². The van der Waals surface area contributed by atoms with Gasteiger partial charge >= 0.3 is 0 Å². The molecule has 0 bridgehead atoms. The molecule has 1 unspecified atom stereocenters. The number of sulfonamides is 1. The smallest absolute Gasteiger partial charge is 0.220 e. The molecule has 1 N–H and O–H groups in total. The largest absolute Gasteiger partial charge is 0.364 e. The van der Waals surface area contributed by atoms with Crippen molar-refractivity contribution in [2.24, 2.45) is 4.99 Å². The van der Waals surface area contributed by atoms with Gasteiger partial charge in [0.15, 0.2) is 5.96 Å². The van der Waals surface area contributed by atoms with E-state index in [1.54, 1.807) is 13.1 Å². The molecule has 1 aromatic carbocycles. The minimum Gasteiger partial charge on any atom is -0.364 e. The molecule has 0 amide bonds. The monoisotopic (exact) mass is 448 g/mol. The van der Waals surface area contributed by atoms with Crippen LogP contribution in [0, 0.1) is 6.92 Å². The van der Waals surface area contributed by atoms with Gasteiger partial charge < -0.3 is 19.6 Å². The minimum atomic E-state index is -3.42. The Bertz CT molecular complexity index is 950. The molecular formula is C21H32N6O3S. The highest BCUT2D eigenvalue weighted by Crippen LogP contribution is 2.18. The van der Waals surface area contributed by atoms with Gasteiger partial charge in [-0.2, -0.15) is 4.31 Å². The molecule has 1 saturated heterocycles. The molecule has 1 atom stereocenters. The van der Waals surface area contributed by atoms with Crippen molar-refractivity contribution in [1.82, 2.24) is 24.6 Å². The van der Waals surface area contributed by atoms with E-state index >= 15 is 0 Å². The number of guanidine groups is 1. The van der Waals surface area contributed by atoms with E-state index in [0.29, 0.717) is 38.4 Å². The Balaban J connectivity index is 1.56. The first-order valence-corrected chi connectivity index (χ1v) is 12.0. The van der Waals surface area contributed by atoms with Gasteiger partial charge in [0.05, 0.1) is 11.7 Å². The Morgan fingerprint density at radius 1 is 1.19 bits per heavy atom. The quantitative estimate of drug-likeness (QED) is 0.504. The highest BCUT2D eigenvalue weighted by atomic mass is 32.2. The second kappa shape index (κ2) is 10.3. The second-order valence-electron chi connectivity index (χ2n) is 7.95. The normalized spacial score (nSPS) is 17.2. The Morgan fingerprint density at radius 3 is 2.42 bits per heavy atom. The third-order valence-electron chi connectivity index (χ3n) is 5.50. The second-order valence-corrected chi connectivity index (χ2v) is 9.92. The summed E-state index contributed by atoms with van der Waals surface area (Å²) in [4.78, 5) is 8.70. The number of aromatic nitrogens is 1. The first kappa shape index (κ1) is 23.2. The lowest BCUT2D eigenvalue weighted by atomic mass is 10.0. The van der Waals surface area contributed by atoms with Crippen LogP contribution in [0.25, 0.3) is 0 Å². The topological polar surface area (TPSA) is 94.3 Å². The third kappa shape index (κ3) is 6.05. The predicted octanol–water partition coefficient (Wildman–Crippen LogP) is 1.31. The maximum absolute atomic E-state index is 12.6. The number of aryl methyl sites for hydroxylation is 1. The average molecular weight is 449 g/mol. The van der Waals surface area contributed by atoms with Gasteiger partial charge in [0.2, 0.25) is 10.0 Å². The van der Waals surface area contributed by atoms with Crippen molar-refractivity contribution in [3.63, 3.8) is 0 Å². The number of benzene rings is 1. The molecule has 9 nitrogen and oxygen atoms in total. The summed E-state index contributed by atoms with van der Waals surface area (Å²) in [6.07, 6.45) is 1.38. The summed E-state index contributed by atoms with van der Waals surface area (Å²) in [5, 5.41) is 7.18. The number of nitrogens with zero attached hydrogens (tertiary/aromatic N) is 5. The number of aliphatic imine (C=N–C) groups is 1. The van der Waals surface area contributed by atoms with Gasteiger partial charge in [-0.1, -0.05) is 35.0 Å². The van der Waals surface area contributed by atoms with Crippen molar-refractivity contribution in [3.05, 3.63) is 53.4 Å². The number of nitrogens with one attached hydrogen (secondary N) is 1. The van der Waals surface area contributed by atoms with Crippen LogP contribution in [0.2, 0.25) is 0 Å². The van der Waals surface area contributed by atoms with Crippen molar-refractivity contribution < 1.29 is 12.9 Å². The van der Waals surface area contributed by atoms with Crippen LogP contribution in [0.15, 0.2) is 46.1 Å². The van der Waals surface area contributed by atoms with Crippen molar-refractivity contribution >= 4 is 16.0 Å². The first-order valence-electron chi connectivity index (χ1n) is 10.4. The van der Waals surface area contributed by atoms with E-state index in [2.05, 4.69) is 70.6 Å². The van der Waals surface area contributed by atoms with Gasteiger partial charge in [0.1, 0.15) is 12.0 Å². The van der Waals surface area contributed by atoms with Crippen molar-refractivity contribution in [3.8, 4) is 0 Å². The van der Waals surface area contributed by atoms with Crippen LogP contribution >= 0.6 is 0 Å². The third-order valence-corrected chi connectivity index (χ3v) is 7.32. The van der Waals surface area contributed by atoms with Gasteiger partial charge in [0, 0.05) is 45.8 Å². The lowest BCUT2D eigenvalue weighted by molar-refractivity contribution is 0.254. The van der Waals surface area contributed by atoms with Gasteiger partial charge in [-0.05, 0) is 26.6 Å². The van der Waals surface area contributed by atoms with Crippen molar-refractivity contribution in [2.45, 2.75) is 18.7 Å². The number of hydrogen-bond acceptors (Lipinski definition) is 6. The summed E-state index contributed by atoms with van der Waals surface area (Å²) in [7, 11) is 2.46. The Labute approximate surface area is 184 Å². The van der Waals surface area contributed by atoms with Crippen molar-refractivity contribution in [2.75, 3.05) is 53.9 Å². The molecule has 0 spiro atoms. The molecule has 1 fully saturated rings. The van der Waals surface area contributed by atoms with Crippen LogP contribution in [-0.4, -0.2) is 87.5 Å². The SMILES string of the molecule is CN=C(NCC(c1ccc(C)cc1)N(C)C)N1CCN(S(=O)(=O)Cc2ccon2)CC1. The highest BCUT2D eigenvalue weighted by Gasteiger charge is 2.29. The van der Waals surface area contributed by atoms with Gasteiger partial charge in [-0.25, -0.2) is 8.42 Å². The van der Waals surface area contributed by atoms with Crippen LogP contribution in [0.1, 0.15) is 22.9 Å². The lowest BCUT2D eigenvalue weighted by Gasteiger charge is -2.36. The maximum Gasteiger partial charge on any atom is 0.220 e. The van der Waals surface area contributed by atoms with E-state index in [0.717, 1.165) is 5.96 Å². The Hall–Kier alpha value is -2.43. The van der Waals surface area contributed by atoms with E-state index in [9.17, 15) is 8.42 Å². The fourth-order valence-electron chi connectivity index (χ4n) is 3.68. The maximum atomic E-state index is 12.6. The summed E-state index contributed by atoms with van der Waals surface area (Å²) >= 11 is 0. The van der Waals surface area contributed by atoms with Crippen LogP contribution in [-0.2, 0) is 15.8 Å². The van der Waals surface area contributed by atoms with Gasteiger partial charge in [-0.3, -0.25) is 4.99 Å². The van der Waals surface area contributed by atoms with E-state index in [1.807, 2.05) is 0 Å². The molecule has 170 valence electrons. The number of piperazine rings is 1. The van der Waals surface area contributed by atoms with Crippen LogP contribution in [0.3, 0.4) is 0 Å². The lowest BCUT2D eigenvalue weighted by Crippen LogP contribution is -2.54. The molecule has 1 aliphatic rings. The predicted molar refractivity (Wildman–Crippen MR) is 121 cm³/mol. The molecule has 2 aromatic rings. The minimum absolute atomic E-state index is 0.141. The van der Waals surface area contributed by atoms with Gasteiger partial charge in [0.25, 0.3) is 0 Å². The number of hydrogen-bond donors (Lipinski definition) is 1. The molecule has 0 aliphatic carbocycles. The van der Waals surface area contributed by atoms with Gasteiger partial charge in [-0.15, -0.1) is 0 Å². The zero-order chi connectivity index (χ0) is 22.4. The fraction of sp³-hybridized carbons (Fsp3) is 0.524. The standard InChI is InChI=1S/C21H32N6O3S/c1-17-5-7-18(8-6-17)20(25(3)4)15-23-21(22-2)26-10-12-27(13-11-26)31(28,29)16-19-9-14-30-24-19/h5-9,14,20H,10-13,15-16H2,1-4H3,(H,22,23). The van der Waals surface area contributed by atoms with Crippen LogP contribution in [0.5, 0.6) is 0 Å². The van der Waals surface area contributed by atoms with E-state index < -0.39 is 10.0 Å². The number of rotatable bonds is 7. The van der Waals surface area contributed by atoms with E-state index in [4.69, 9.17) is 4.52 Å². The number of likely N-dealkylation sites (N-methyl/N-ethyl adjacent to an activating group) is 1. The molecule has 3 rings (SSSR count). The summed E-state index contributed by atoms with van der Waals surface area (Å²) in [5.41, 5.74) is 2.90. The molecule has 2 heterocycles. The van der Waals surface area contributed by atoms with Crippen LogP contribution < -0.4 is 5.32 Å². The fourth-order valence-corrected chi connectivity index (χ4v) is 5.10. The zero-order valence-electron chi connectivity index (χ0n) is 18.7. The highest BCUT2D eigenvalue weighted by molar-refractivity contribution is 7.88. The molecule has 1 aromatic heterocycles. The molecule has 0 saturated carbocycles. The first-order chi connectivity index (χ1) is 14.8. The zero-order valence-corrected chi connectivity index (χ0v) is 19.5. The molecular weight excluding hydrogens is 416 g/mol. The molecule has 1 aliphatic heterocycles. The molecule has 10 heteroatoms. The van der Waals surface area contributed by atoms with E-state index in [-0.39, 0.29) is 11.8 Å². The molecule has 31 heavy (non-hydrogen) atoms. The summed E-state index contributed by atoms with van der Waals surface area (Å²) in [6.45, 7) is 4.77. The Kier molecular flexibility index (Phi) is 7.69. The summed E-state index contributed by atoms with van der Waals surface area (Å²) < 4.78 is 31.5. The average Bonchev–Trinajstić information content (AvgIpc) is 3.24. The summed E-state index contributed by atoms with van der Waals surface area (Å²) in [5.74, 6) is 0.643. The van der Waals surface area contributed by atoms with Crippen molar-refractivity contribution in [1.29, 1.82) is 0 Å². The summed E-state index contributed by atoms with van der Waals surface area (Å²) in [6, 6.07) is 10.3. The Morgan fingerprint density at radius 2 is 1.87 bits per heavy atom. The molecule has 0 radical (unpaired) electrons.